The third-order valence-corrected chi connectivity index (χ3v) is 5.15. The molecule has 0 aliphatic heterocycles. The Morgan fingerprint density at radius 3 is 2.67 bits per heavy atom. The molecule has 5 heteroatoms. The summed E-state index contributed by atoms with van der Waals surface area (Å²) in [6.07, 6.45) is 3.67. The van der Waals surface area contributed by atoms with Crippen molar-refractivity contribution < 1.29 is 14.7 Å². The highest BCUT2D eigenvalue weighted by Crippen LogP contribution is 2.35. The van der Waals surface area contributed by atoms with Crippen LogP contribution in [0, 0.1) is 11.8 Å². The Hall–Kier alpha value is -1.36. The first-order chi connectivity index (χ1) is 10.0. The number of benzene rings is 1. The highest BCUT2D eigenvalue weighted by molar-refractivity contribution is 9.10. The first-order valence-electron chi connectivity index (χ1n) is 7.36. The Kier molecular flexibility index (Phi) is 4.02. The summed E-state index contributed by atoms with van der Waals surface area (Å²) in [6.45, 7) is 0. The molecule has 0 aromatic heterocycles. The van der Waals surface area contributed by atoms with E-state index in [0.29, 0.717) is 19.3 Å². The van der Waals surface area contributed by atoms with Crippen LogP contribution in [0.5, 0.6) is 0 Å². The van der Waals surface area contributed by atoms with Crippen molar-refractivity contribution in [2.45, 2.75) is 38.1 Å². The molecular formula is C16H18BrNO3. The molecule has 4 nitrogen and oxygen atoms in total. The highest BCUT2D eigenvalue weighted by atomic mass is 79.9. The van der Waals surface area contributed by atoms with Crippen LogP contribution in [0.1, 0.15) is 42.9 Å². The molecule has 2 aliphatic rings. The molecule has 21 heavy (non-hydrogen) atoms. The number of hydrogen-bond donors (Lipinski definition) is 2. The van der Waals surface area contributed by atoms with E-state index in [1.54, 1.807) is 0 Å². The molecule has 112 valence electrons. The van der Waals surface area contributed by atoms with E-state index >= 15 is 0 Å². The zero-order valence-electron chi connectivity index (χ0n) is 11.6. The van der Waals surface area contributed by atoms with E-state index in [-0.39, 0.29) is 23.8 Å². The summed E-state index contributed by atoms with van der Waals surface area (Å²) < 4.78 is 1.06. The molecule has 2 N–H and O–H groups in total. The van der Waals surface area contributed by atoms with E-state index in [4.69, 9.17) is 5.11 Å². The number of aliphatic carboxylic acids is 1. The number of aryl methyl sites for hydroxylation is 1. The molecule has 1 saturated carbocycles. The molecule has 0 saturated heterocycles. The van der Waals surface area contributed by atoms with Gasteiger partial charge in [0.15, 0.2) is 0 Å². The van der Waals surface area contributed by atoms with E-state index < -0.39 is 5.97 Å². The predicted octanol–water partition coefficient (Wildman–Crippen LogP) is 3.05. The summed E-state index contributed by atoms with van der Waals surface area (Å²) in [5.41, 5.74) is 2.48. The molecule has 1 fully saturated rings. The van der Waals surface area contributed by atoms with Crippen LogP contribution in [0.2, 0.25) is 0 Å². The molecule has 1 aromatic rings. The quantitative estimate of drug-likeness (QED) is 0.879. The lowest BCUT2D eigenvalue weighted by atomic mass is 10.0. The number of carboxylic acid groups (broad SMARTS) is 1. The van der Waals surface area contributed by atoms with Gasteiger partial charge in [-0.3, -0.25) is 9.59 Å². The van der Waals surface area contributed by atoms with Crippen LogP contribution in [0.3, 0.4) is 0 Å². The molecule has 0 radical (unpaired) electrons. The van der Waals surface area contributed by atoms with Crippen molar-refractivity contribution in [2.24, 2.45) is 11.8 Å². The van der Waals surface area contributed by atoms with Gasteiger partial charge in [-0.1, -0.05) is 22.0 Å². The van der Waals surface area contributed by atoms with Gasteiger partial charge in [-0.25, -0.2) is 0 Å². The second-order valence-corrected chi connectivity index (χ2v) is 6.90. The number of fused-ring (bicyclic) bond motifs is 1. The molecule has 3 rings (SSSR count). The van der Waals surface area contributed by atoms with E-state index in [9.17, 15) is 9.59 Å². The van der Waals surface area contributed by atoms with Crippen LogP contribution in [-0.2, 0) is 16.0 Å². The maximum atomic E-state index is 12.3. The number of hydrogen-bond acceptors (Lipinski definition) is 2. The first-order valence-corrected chi connectivity index (χ1v) is 8.15. The second kappa shape index (κ2) is 5.79. The largest absolute Gasteiger partial charge is 0.481 e. The van der Waals surface area contributed by atoms with Crippen LogP contribution >= 0.6 is 15.9 Å². The summed E-state index contributed by atoms with van der Waals surface area (Å²) in [5, 5.41) is 12.1. The lowest BCUT2D eigenvalue weighted by Gasteiger charge is -2.17. The average molecular weight is 352 g/mol. The Morgan fingerprint density at radius 2 is 1.95 bits per heavy atom. The average Bonchev–Trinajstić information content (AvgIpc) is 3.06. The molecule has 0 spiro atoms. The van der Waals surface area contributed by atoms with Crippen molar-refractivity contribution in [1.82, 2.24) is 5.32 Å². The van der Waals surface area contributed by atoms with E-state index in [0.717, 1.165) is 17.3 Å². The molecule has 2 aliphatic carbocycles. The summed E-state index contributed by atoms with van der Waals surface area (Å²) in [6, 6.07) is 6.24. The van der Waals surface area contributed by atoms with Crippen molar-refractivity contribution >= 4 is 27.8 Å². The van der Waals surface area contributed by atoms with E-state index in [1.807, 2.05) is 6.07 Å². The maximum absolute atomic E-state index is 12.3. The Labute approximate surface area is 132 Å². The van der Waals surface area contributed by atoms with E-state index in [2.05, 4.69) is 33.4 Å². The number of carboxylic acids is 1. The zero-order valence-corrected chi connectivity index (χ0v) is 13.2. The van der Waals surface area contributed by atoms with Gasteiger partial charge in [0.1, 0.15) is 0 Å². The van der Waals surface area contributed by atoms with E-state index in [1.165, 1.54) is 11.1 Å². The number of carbonyl (C=O) groups excluding carboxylic acids is 1. The van der Waals surface area contributed by atoms with Gasteiger partial charge in [-0.2, -0.15) is 0 Å². The van der Waals surface area contributed by atoms with Crippen molar-refractivity contribution in [1.29, 1.82) is 0 Å². The zero-order chi connectivity index (χ0) is 15.0. The number of halogens is 1. The number of carbonyl (C=O) groups is 2. The summed E-state index contributed by atoms with van der Waals surface area (Å²) in [7, 11) is 0. The minimum Gasteiger partial charge on any atom is -0.481 e. The first kappa shape index (κ1) is 14.6. The maximum Gasteiger partial charge on any atom is 0.306 e. The van der Waals surface area contributed by atoms with Crippen LogP contribution in [0.25, 0.3) is 0 Å². The third-order valence-electron chi connectivity index (χ3n) is 4.65. The van der Waals surface area contributed by atoms with Crippen molar-refractivity contribution in [2.75, 3.05) is 0 Å². The van der Waals surface area contributed by atoms with Crippen molar-refractivity contribution in [3.8, 4) is 0 Å². The van der Waals surface area contributed by atoms with Gasteiger partial charge in [0, 0.05) is 10.4 Å². The molecule has 3 atom stereocenters. The fourth-order valence-electron chi connectivity index (χ4n) is 3.47. The number of amides is 1. The summed E-state index contributed by atoms with van der Waals surface area (Å²) >= 11 is 3.47. The number of rotatable bonds is 3. The van der Waals surface area contributed by atoms with Crippen LogP contribution < -0.4 is 5.32 Å². The van der Waals surface area contributed by atoms with Crippen LogP contribution in [-0.4, -0.2) is 17.0 Å². The number of nitrogens with one attached hydrogen (secondary N) is 1. The van der Waals surface area contributed by atoms with Gasteiger partial charge >= 0.3 is 5.97 Å². The second-order valence-electron chi connectivity index (χ2n) is 5.99. The Bertz CT molecular complexity index is 587. The van der Waals surface area contributed by atoms with Crippen molar-refractivity contribution in [3.63, 3.8) is 0 Å². The smallest absolute Gasteiger partial charge is 0.306 e. The molecular weight excluding hydrogens is 334 g/mol. The van der Waals surface area contributed by atoms with Crippen molar-refractivity contribution in [3.05, 3.63) is 33.8 Å². The fourth-order valence-corrected chi connectivity index (χ4v) is 3.88. The minimum absolute atomic E-state index is 0.0134. The van der Waals surface area contributed by atoms with Gasteiger partial charge in [0.25, 0.3) is 0 Å². The summed E-state index contributed by atoms with van der Waals surface area (Å²) in [4.78, 5) is 23.3. The molecule has 1 aromatic carbocycles. The van der Waals surface area contributed by atoms with Gasteiger partial charge in [0.05, 0.1) is 12.0 Å². The minimum atomic E-state index is -0.777. The fraction of sp³-hybridized carbons (Fsp3) is 0.500. The lowest BCUT2D eigenvalue weighted by molar-refractivity contribution is -0.141. The third kappa shape index (κ3) is 2.98. The van der Waals surface area contributed by atoms with Crippen LogP contribution in [0.4, 0.5) is 0 Å². The Morgan fingerprint density at radius 1 is 1.19 bits per heavy atom. The molecule has 0 heterocycles. The SMILES string of the molecule is O=C(O)[C@@H]1CC[C@H](C(=O)NC2CCc3cc(Br)ccc32)C1. The van der Waals surface area contributed by atoms with Gasteiger partial charge in [-0.05, 0) is 55.4 Å². The standard InChI is InChI=1S/C16H18BrNO3/c17-12-4-5-13-9(8-12)3-6-14(13)18-15(19)10-1-2-11(7-10)16(20)21/h4-5,8,10-11,14H,1-3,6-7H2,(H,18,19)(H,20,21)/t10-,11+,14?/m0/s1. The summed E-state index contributed by atoms with van der Waals surface area (Å²) in [5.74, 6) is -1.26. The monoisotopic (exact) mass is 351 g/mol. The topological polar surface area (TPSA) is 66.4 Å². The molecule has 0 bridgehead atoms. The molecule has 1 unspecified atom stereocenters. The lowest BCUT2D eigenvalue weighted by Crippen LogP contribution is -2.32. The predicted molar refractivity (Wildman–Crippen MR) is 81.8 cm³/mol. The van der Waals surface area contributed by atoms with Crippen LogP contribution in [0.15, 0.2) is 22.7 Å². The van der Waals surface area contributed by atoms with Gasteiger partial charge < -0.3 is 10.4 Å². The molecule has 1 amide bonds. The van der Waals surface area contributed by atoms with Gasteiger partial charge in [0.2, 0.25) is 5.91 Å². The van der Waals surface area contributed by atoms with Gasteiger partial charge in [-0.15, -0.1) is 0 Å². The Balaban J connectivity index is 1.64. The normalized spacial score (nSPS) is 27.4. The highest BCUT2D eigenvalue weighted by Gasteiger charge is 2.35.